The summed E-state index contributed by atoms with van der Waals surface area (Å²) in [5, 5.41) is 0. The SMILES string of the molecule is CCc1nc(C#CCOC2CCCCO2)cnc1N. The van der Waals surface area contributed by atoms with E-state index in [0.29, 0.717) is 18.1 Å². The molecule has 5 heteroatoms. The van der Waals surface area contributed by atoms with E-state index >= 15 is 0 Å². The molecule has 2 heterocycles. The Hall–Kier alpha value is -1.64. The Morgan fingerprint density at radius 2 is 2.42 bits per heavy atom. The minimum absolute atomic E-state index is 0.105. The molecule has 19 heavy (non-hydrogen) atoms. The van der Waals surface area contributed by atoms with Crippen molar-refractivity contribution in [3.05, 3.63) is 17.6 Å². The van der Waals surface area contributed by atoms with Crippen molar-refractivity contribution in [1.29, 1.82) is 0 Å². The molecule has 0 bridgehead atoms. The minimum Gasteiger partial charge on any atom is -0.382 e. The number of hydrogen-bond acceptors (Lipinski definition) is 5. The Morgan fingerprint density at radius 3 is 3.16 bits per heavy atom. The Morgan fingerprint density at radius 1 is 1.53 bits per heavy atom. The Balaban J connectivity index is 1.85. The van der Waals surface area contributed by atoms with Crippen LogP contribution in [0.15, 0.2) is 6.20 Å². The average molecular weight is 261 g/mol. The summed E-state index contributed by atoms with van der Waals surface area (Å²) >= 11 is 0. The van der Waals surface area contributed by atoms with Crippen molar-refractivity contribution in [2.24, 2.45) is 0 Å². The van der Waals surface area contributed by atoms with Gasteiger partial charge in [0, 0.05) is 6.61 Å². The van der Waals surface area contributed by atoms with E-state index in [1.807, 2.05) is 6.92 Å². The normalized spacial score (nSPS) is 18.7. The lowest BCUT2D eigenvalue weighted by Crippen LogP contribution is -2.22. The Labute approximate surface area is 113 Å². The number of ether oxygens (including phenoxy) is 2. The number of aryl methyl sites for hydroxylation is 1. The van der Waals surface area contributed by atoms with Gasteiger partial charge >= 0.3 is 0 Å². The standard InChI is InChI=1S/C14H19N3O2/c1-2-12-14(15)16-10-11(17-12)6-5-9-19-13-7-3-4-8-18-13/h10,13H,2-4,7-9H2,1H3,(H2,15,16). The zero-order chi connectivity index (χ0) is 13.5. The van der Waals surface area contributed by atoms with E-state index in [2.05, 4.69) is 21.8 Å². The first-order chi connectivity index (χ1) is 9.29. The fourth-order valence-corrected chi connectivity index (χ4v) is 1.86. The molecule has 1 atom stereocenters. The lowest BCUT2D eigenvalue weighted by Gasteiger charge is -2.21. The predicted octanol–water partition coefficient (Wildman–Crippen LogP) is 1.52. The quantitative estimate of drug-likeness (QED) is 0.835. The molecule has 102 valence electrons. The van der Waals surface area contributed by atoms with Crippen LogP contribution in [0.5, 0.6) is 0 Å². The van der Waals surface area contributed by atoms with Crippen molar-refractivity contribution in [2.75, 3.05) is 18.9 Å². The van der Waals surface area contributed by atoms with Crippen LogP contribution in [-0.2, 0) is 15.9 Å². The zero-order valence-corrected chi connectivity index (χ0v) is 11.2. The highest BCUT2D eigenvalue weighted by molar-refractivity contribution is 5.37. The molecule has 1 aliphatic heterocycles. The number of nitrogens with two attached hydrogens (primary N) is 1. The fraction of sp³-hybridized carbons (Fsp3) is 0.571. The zero-order valence-electron chi connectivity index (χ0n) is 11.2. The molecule has 1 aromatic heterocycles. The second kappa shape index (κ2) is 7.07. The van der Waals surface area contributed by atoms with Gasteiger partial charge in [-0.25, -0.2) is 9.97 Å². The van der Waals surface area contributed by atoms with E-state index in [4.69, 9.17) is 15.2 Å². The van der Waals surface area contributed by atoms with E-state index in [1.54, 1.807) is 6.20 Å². The van der Waals surface area contributed by atoms with Crippen LogP contribution < -0.4 is 5.73 Å². The summed E-state index contributed by atoms with van der Waals surface area (Å²) in [6, 6.07) is 0. The van der Waals surface area contributed by atoms with Crippen molar-refractivity contribution >= 4 is 5.82 Å². The third-order valence-corrected chi connectivity index (χ3v) is 2.91. The highest BCUT2D eigenvalue weighted by Crippen LogP contribution is 2.13. The molecular weight excluding hydrogens is 242 g/mol. The van der Waals surface area contributed by atoms with E-state index < -0.39 is 0 Å². The van der Waals surface area contributed by atoms with Gasteiger partial charge in [-0.15, -0.1) is 0 Å². The highest BCUT2D eigenvalue weighted by atomic mass is 16.7. The summed E-state index contributed by atoms with van der Waals surface area (Å²) < 4.78 is 11.0. The molecule has 1 aliphatic rings. The highest BCUT2D eigenvalue weighted by Gasteiger charge is 2.12. The van der Waals surface area contributed by atoms with Crippen molar-refractivity contribution in [2.45, 2.75) is 38.9 Å². The second-order valence-corrected chi connectivity index (χ2v) is 4.35. The number of anilines is 1. The molecule has 0 radical (unpaired) electrons. The van der Waals surface area contributed by atoms with E-state index in [1.165, 1.54) is 0 Å². The first kappa shape index (κ1) is 13.8. The van der Waals surface area contributed by atoms with Gasteiger partial charge in [-0.05, 0) is 31.6 Å². The number of aromatic nitrogens is 2. The third-order valence-electron chi connectivity index (χ3n) is 2.91. The molecule has 2 rings (SSSR count). The predicted molar refractivity (Wildman–Crippen MR) is 72.2 cm³/mol. The van der Waals surface area contributed by atoms with Crippen molar-refractivity contribution in [3.8, 4) is 11.8 Å². The molecule has 5 nitrogen and oxygen atoms in total. The first-order valence-electron chi connectivity index (χ1n) is 6.63. The summed E-state index contributed by atoms with van der Waals surface area (Å²) in [5.41, 5.74) is 7.09. The molecule has 1 unspecified atom stereocenters. The van der Waals surface area contributed by atoms with Crippen molar-refractivity contribution < 1.29 is 9.47 Å². The molecule has 2 N–H and O–H groups in total. The fourth-order valence-electron chi connectivity index (χ4n) is 1.86. The molecule has 1 aromatic rings. The summed E-state index contributed by atoms with van der Waals surface area (Å²) in [7, 11) is 0. The van der Waals surface area contributed by atoms with E-state index in [0.717, 1.165) is 38.0 Å². The van der Waals surface area contributed by atoms with Crippen LogP contribution in [0.4, 0.5) is 5.82 Å². The maximum absolute atomic E-state index is 5.69. The van der Waals surface area contributed by atoms with Crippen LogP contribution in [0, 0.1) is 11.8 Å². The van der Waals surface area contributed by atoms with Crippen molar-refractivity contribution in [3.63, 3.8) is 0 Å². The number of rotatable bonds is 3. The summed E-state index contributed by atoms with van der Waals surface area (Å²) in [6.07, 6.45) is 5.45. The van der Waals surface area contributed by atoms with Crippen LogP contribution in [0.25, 0.3) is 0 Å². The van der Waals surface area contributed by atoms with Gasteiger partial charge in [0.05, 0.1) is 11.9 Å². The lowest BCUT2D eigenvalue weighted by atomic mass is 10.2. The number of nitrogen functional groups attached to an aromatic ring is 1. The number of hydrogen-bond donors (Lipinski definition) is 1. The van der Waals surface area contributed by atoms with Crippen molar-refractivity contribution in [1.82, 2.24) is 9.97 Å². The van der Waals surface area contributed by atoms with Crippen LogP contribution in [-0.4, -0.2) is 29.5 Å². The maximum Gasteiger partial charge on any atom is 0.158 e. The van der Waals surface area contributed by atoms with E-state index in [-0.39, 0.29) is 6.29 Å². The Bertz CT molecular complexity index is 473. The van der Waals surface area contributed by atoms with Gasteiger partial charge in [0.1, 0.15) is 18.1 Å². The number of nitrogens with zero attached hydrogens (tertiary/aromatic N) is 2. The topological polar surface area (TPSA) is 70.3 Å². The van der Waals surface area contributed by atoms with Gasteiger partial charge in [0.15, 0.2) is 6.29 Å². The molecule has 0 aliphatic carbocycles. The molecule has 0 aromatic carbocycles. The second-order valence-electron chi connectivity index (χ2n) is 4.35. The monoisotopic (exact) mass is 261 g/mol. The maximum atomic E-state index is 5.69. The lowest BCUT2D eigenvalue weighted by molar-refractivity contribution is -0.154. The molecule has 1 saturated heterocycles. The molecule has 0 saturated carbocycles. The van der Waals surface area contributed by atoms with Crippen LogP contribution >= 0.6 is 0 Å². The Kier molecular flexibility index (Phi) is 5.13. The molecule has 0 amide bonds. The van der Waals surface area contributed by atoms with Gasteiger partial charge in [-0.2, -0.15) is 0 Å². The first-order valence-corrected chi connectivity index (χ1v) is 6.63. The van der Waals surface area contributed by atoms with Gasteiger partial charge in [-0.1, -0.05) is 12.8 Å². The van der Waals surface area contributed by atoms with Gasteiger partial charge < -0.3 is 15.2 Å². The molecular formula is C14H19N3O2. The van der Waals surface area contributed by atoms with E-state index in [9.17, 15) is 0 Å². The summed E-state index contributed by atoms with van der Waals surface area (Å²) in [4.78, 5) is 8.39. The molecule has 1 fully saturated rings. The van der Waals surface area contributed by atoms with Gasteiger partial charge in [0.25, 0.3) is 0 Å². The summed E-state index contributed by atoms with van der Waals surface area (Å²) in [6.45, 7) is 3.11. The third kappa shape index (κ3) is 4.19. The largest absolute Gasteiger partial charge is 0.382 e. The summed E-state index contributed by atoms with van der Waals surface area (Å²) in [5.74, 6) is 6.32. The molecule has 0 spiro atoms. The smallest absolute Gasteiger partial charge is 0.158 e. The minimum atomic E-state index is -0.105. The van der Waals surface area contributed by atoms with Gasteiger partial charge in [-0.3, -0.25) is 0 Å². The van der Waals surface area contributed by atoms with Crippen LogP contribution in [0.2, 0.25) is 0 Å². The van der Waals surface area contributed by atoms with Crippen LogP contribution in [0.3, 0.4) is 0 Å². The average Bonchev–Trinajstić information content (AvgIpc) is 2.46. The van der Waals surface area contributed by atoms with Crippen LogP contribution in [0.1, 0.15) is 37.6 Å². The van der Waals surface area contributed by atoms with Gasteiger partial charge in [0.2, 0.25) is 0 Å².